The number of nitrogens with zero attached hydrogens (tertiary/aromatic N) is 1. The molecule has 1 heterocycles. The number of hydrogen-bond donors (Lipinski definition) is 1. The van der Waals surface area contributed by atoms with Crippen LogP contribution in [-0.2, 0) is 0 Å². The van der Waals surface area contributed by atoms with Gasteiger partial charge in [0.05, 0.1) is 21.9 Å². The molecule has 27 heavy (non-hydrogen) atoms. The first-order chi connectivity index (χ1) is 13.1. The Hall–Kier alpha value is -2.46. The molecule has 0 aliphatic carbocycles. The molecule has 0 atom stereocenters. The van der Waals surface area contributed by atoms with Gasteiger partial charge in [0.25, 0.3) is 0 Å². The summed E-state index contributed by atoms with van der Waals surface area (Å²) >= 11 is 18.2. The molecule has 0 fully saturated rings. The molecule has 0 aliphatic heterocycles. The number of halogens is 3. The minimum atomic E-state index is 0.389. The minimum Gasteiger partial charge on any atom is -0.455 e. The van der Waals surface area contributed by atoms with Crippen LogP contribution in [0.15, 0.2) is 76.2 Å². The van der Waals surface area contributed by atoms with E-state index < -0.39 is 0 Å². The van der Waals surface area contributed by atoms with Crippen LogP contribution < -0.4 is 5.43 Å². The van der Waals surface area contributed by atoms with Gasteiger partial charge in [-0.15, -0.1) is 0 Å². The maximum Gasteiger partial charge on any atom is 0.147 e. The molecule has 4 aromatic rings. The summed E-state index contributed by atoms with van der Waals surface area (Å²) in [7, 11) is 0. The summed E-state index contributed by atoms with van der Waals surface area (Å²) in [6.07, 6.45) is 1.57. The molecule has 0 spiro atoms. The predicted molar refractivity (Wildman–Crippen MR) is 114 cm³/mol. The highest BCUT2D eigenvalue weighted by molar-refractivity contribution is 6.41. The Morgan fingerprint density at radius 3 is 2.41 bits per heavy atom. The number of nitrogens with one attached hydrogen (secondary N) is 1. The van der Waals surface area contributed by atoms with Crippen molar-refractivity contribution in [2.45, 2.75) is 0 Å². The first-order valence-corrected chi connectivity index (χ1v) is 9.27. The zero-order valence-corrected chi connectivity index (χ0v) is 16.2. The van der Waals surface area contributed by atoms with Gasteiger partial charge in [0.2, 0.25) is 0 Å². The lowest BCUT2D eigenvalue weighted by molar-refractivity contribution is 0.575. The zero-order chi connectivity index (χ0) is 18.8. The summed E-state index contributed by atoms with van der Waals surface area (Å²) in [4.78, 5) is 0. The van der Waals surface area contributed by atoms with E-state index in [1.165, 1.54) is 0 Å². The molecule has 0 aliphatic rings. The number of hydrogen-bond acceptors (Lipinski definition) is 3. The summed E-state index contributed by atoms with van der Waals surface area (Å²) in [5.74, 6) is 1.38. The van der Waals surface area contributed by atoms with E-state index in [2.05, 4.69) is 28.7 Å². The fourth-order valence-corrected chi connectivity index (χ4v) is 3.72. The van der Waals surface area contributed by atoms with Crippen molar-refractivity contribution in [1.82, 2.24) is 0 Å². The Morgan fingerprint density at radius 2 is 1.59 bits per heavy atom. The van der Waals surface area contributed by atoms with Crippen LogP contribution in [0.5, 0.6) is 0 Å². The van der Waals surface area contributed by atoms with Crippen molar-refractivity contribution in [2.75, 3.05) is 5.43 Å². The predicted octanol–water partition coefficient (Wildman–Crippen LogP) is 7.51. The Morgan fingerprint density at radius 1 is 0.852 bits per heavy atom. The van der Waals surface area contributed by atoms with Crippen LogP contribution in [0, 0.1) is 0 Å². The molecular weight excluding hydrogens is 403 g/mol. The third kappa shape index (κ3) is 3.81. The number of furan rings is 1. The minimum absolute atomic E-state index is 0.389. The van der Waals surface area contributed by atoms with Crippen molar-refractivity contribution >= 4 is 57.5 Å². The van der Waals surface area contributed by atoms with Gasteiger partial charge in [0.1, 0.15) is 11.5 Å². The summed E-state index contributed by atoms with van der Waals surface area (Å²) in [6.45, 7) is 0. The Bertz CT molecular complexity index is 1120. The van der Waals surface area contributed by atoms with Crippen molar-refractivity contribution in [3.8, 4) is 11.3 Å². The van der Waals surface area contributed by atoms with E-state index in [1.807, 2.05) is 36.4 Å². The maximum absolute atomic E-state index is 6.13. The van der Waals surface area contributed by atoms with Gasteiger partial charge in [0, 0.05) is 10.6 Å². The van der Waals surface area contributed by atoms with Gasteiger partial charge in [-0.25, -0.2) is 0 Å². The molecule has 0 unspecified atom stereocenters. The Balaban J connectivity index is 1.57. The lowest BCUT2D eigenvalue weighted by atomic mass is 10.0. The summed E-state index contributed by atoms with van der Waals surface area (Å²) in [5, 5.41) is 7.69. The summed E-state index contributed by atoms with van der Waals surface area (Å²) < 4.78 is 5.92. The van der Waals surface area contributed by atoms with Crippen LogP contribution in [0.4, 0.5) is 5.69 Å². The van der Waals surface area contributed by atoms with Crippen molar-refractivity contribution in [1.29, 1.82) is 0 Å². The van der Waals surface area contributed by atoms with Crippen molar-refractivity contribution < 1.29 is 4.42 Å². The molecule has 0 radical (unpaired) electrons. The van der Waals surface area contributed by atoms with Crippen molar-refractivity contribution in [2.24, 2.45) is 5.10 Å². The van der Waals surface area contributed by atoms with Crippen LogP contribution in [0.1, 0.15) is 5.76 Å². The average Bonchev–Trinajstić information content (AvgIpc) is 3.12. The second kappa shape index (κ2) is 7.65. The van der Waals surface area contributed by atoms with Crippen LogP contribution in [0.25, 0.3) is 22.1 Å². The second-order valence-corrected chi connectivity index (χ2v) is 7.09. The van der Waals surface area contributed by atoms with Crippen LogP contribution in [0.2, 0.25) is 15.1 Å². The Kier molecular flexibility index (Phi) is 5.08. The van der Waals surface area contributed by atoms with Gasteiger partial charge >= 0.3 is 0 Å². The van der Waals surface area contributed by atoms with Crippen molar-refractivity contribution in [3.05, 3.63) is 87.6 Å². The van der Waals surface area contributed by atoms with Crippen LogP contribution >= 0.6 is 34.8 Å². The molecule has 0 saturated carbocycles. The first-order valence-electron chi connectivity index (χ1n) is 8.13. The fourth-order valence-electron chi connectivity index (χ4n) is 2.82. The molecule has 1 aromatic heterocycles. The van der Waals surface area contributed by atoms with Gasteiger partial charge in [-0.3, -0.25) is 5.43 Å². The first kappa shape index (κ1) is 17.9. The fraction of sp³-hybridized carbons (Fsp3) is 0. The highest BCUT2D eigenvalue weighted by Crippen LogP contribution is 2.34. The van der Waals surface area contributed by atoms with E-state index >= 15 is 0 Å². The lowest BCUT2D eigenvalue weighted by Crippen LogP contribution is -1.92. The summed E-state index contributed by atoms with van der Waals surface area (Å²) in [5.41, 5.74) is 4.34. The monoisotopic (exact) mass is 414 g/mol. The van der Waals surface area contributed by atoms with E-state index in [0.717, 1.165) is 22.1 Å². The average molecular weight is 416 g/mol. The molecule has 6 heteroatoms. The summed E-state index contributed by atoms with van der Waals surface area (Å²) in [6, 6.07) is 21.3. The zero-order valence-electron chi connectivity index (χ0n) is 13.9. The SMILES string of the molecule is Clc1cc(Cl)c(N/N=C\c2ccc(-c3cccc4ccccc34)o2)c(Cl)c1. The van der Waals surface area contributed by atoms with Gasteiger partial charge in [-0.2, -0.15) is 5.10 Å². The third-order valence-corrected chi connectivity index (χ3v) is 4.87. The molecule has 0 saturated heterocycles. The highest BCUT2D eigenvalue weighted by atomic mass is 35.5. The van der Waals surface area contributed by atoms with Gasteiger partial charge in [-0.1, -0.05) is 77.3 Å². The van der Waals surface area contributed by atoms with E-state index in [0.29, 0.717) is 26.5 Å². The van der Waals surface area contributed by atoms with Crippen molar-refractivity contribution in [3.63, 3.8) is 0 Å². The van der Waals surface area contributed by atoms with Crippen LogP contribution in [-0.4, -0.2) is 6.21 Å². The Labute approximate surface area is 171 Å². The molecule has 0 bridgehead atoms. The second-order valence-electron chi connectivity index (χ2n) is 5.84. The number of fused-ring (bicyclic) bond motifs is 1. The standard InChI is InChI=1S/C21H13Cl3N2O/c22-14-10-18(23)21(19(24)11-14)26-25-12-15-8-9-20(27-15)17-7-3-5-13-4-1-2-6-16(13)17/h1-12,26H/b25-12-. The van der Waals surface area contributed by atoms with E-state index in [9.17, 15) is 0 Å². The number of hydrazone groups is 1. The van der Waals surface area contributed by atoms with Crippen LogP contribution in [0.3, 0.4) is 0 Å². The van der Waals surface area contributed by atoms with Gasteiger partial charge in [-0.05, 0) is 35.0 Å². The lowest BCUT2D eigenvalue weighted by Gasteiger charge is -2.06. The number of rotatable bonds is 4. The molecule has 3 nitrogen and oxygen atoms in total. The van der Waals surface area contributed by atoms with Gasteiger partial charge in [0.15, 0.2) is 0 Å². The largest absolute Gasteiger partial charge is 0.455 e. The molecule has 1 N–H and O–H groups in total. The molecule has 0 amide bonds. The molecular formula is C21H13Cl3N2O. The molecule has 134 valence electrons. The van der Waals surface area contributed by atoms with E-state index in [-0.39, 0.29) is 0 Å². The number of benzene rings is 3. The molecule has 4 rings (SSSR count). The smallest absolute Gasteiger partial charge is 0.147 e. The quantitative estimate of drug-likeness (QED) is 0.277. The maximum atomic E-state index is 6.13. The van der Waals surface area contributed by atoms with E-state index in [1.54, 1.807) is 18.3 Å². The number of anilines is 1. The van der Waals surface area contributed by atoms with Gasteiger partial charge < -0.3 is 4.42 Å². The molecule has 3 aromatic carbocycles. The highest BCUT2D eigenvalue weighted by Gasteiger charge is 2.09. The third-order valence-electron chi connectivity index (χ3n) is 4.06. The van der Waals surface area contributed by atoms with E-state index in [4.69, 9.17) is 39.2 Å². The normalized spacial score (nSPS) is 11.4. The topological polar surface area (TPSA) is 37.5 Å².